The molecule has 1 aliphatic rings. The molecule has 0 bridgehead atoms. The molecule has 0 saturated heterocycles. The maximum Gasteiger partial charge on any atom is 0.191 e. The minimum Gasteiger partial charge on any atom is -0.377 e. The Morgan fingerprint density at radius 1 is 1.44 bits per heavy atom. The topological polar surface area (TPSA) is 94.2 Å². The quantitative estimate of drug-likeness (QED) is 0.554. The lowest BCUT2D eigenvalue weighted by Crippen LogP contribution is -2.47. The second-order valence-corrected chi connectivity index (χ2v) is 7.25. The van der Waals surface area contributed by atoms with Crippen molar-refractivity contribution in [2.45, 2.75) is 59.0 Å². The summed E-state index contributed by atoms with van der Waals surface area (Å²) in [5, 5.41) is 11.4. The van der Waals surface area contributed by atoms with Gasteiger partial charge in [-0.1, -0.05) is 13.8 Å². The number of methoxy groups -OCH3 is 1. The van der Waals surface area contributed by atoms with Gasteiger partial charge in [-0.3, -0.25) is 4.99 Å². The first-order valence-electron chi connectivity index (χ1n) is 9.47. The molecule has 1 aliphatic heterocycles. The van der Waals surface area contributed by atoms with Crippen LogP contribution in [0.3, 0.4) is 0 Å². The SMILES string of the molecule is CN=C(NCc1nccn1CC(C)C)NC1CCc2nc(COC)nn2C1. The van der Waals surface area contributed by atoms with Crippen LogP contribution in [0.15, 0.2) is 17.4 Å². The Balaban J connectivity index is 1.54. The summed E-state index contributed by atoms with van der Waals surface area (Å²) in [7, 11) is 3.45. The largest absolute Gasteiger partial charge is 0.377 e. The van der Waals surface area contributed by atoms with Gasteiger partial charge >= 0.3 is 0 Å². The third kappa shape index (κ3) is 5.06. The van der Waals surface area contributed by atoms with Gasteiger partial charge in [0.2, 0.25) is 0 Å². The number of nitrogens with zero attached hydrogens (tertiary/aromatic N) is 6. The molecular weight excluding hydrogens is 344 g/mol. The predicted molar refractivity (Wildman–Crippen MR) is 103 cm³/mol. The maximum atomic E-state index is 5.12. The van der Waals surface area contributed by atoms with Crippen molar-refractivity contribution in [2.75, 3.05) is 14.2 Å². The zero-order chi connectivity index (χ0) is 19.2. The molecule has 0 amide bonds. The molecule has 1 unspecified atom stereocenters. The zero-order valence-corrected chi connectivity index (χ0v) is 16.6. The standard InChI is InChI=1S/C18H30N8O/c1-13(2)10-25-8-7-20-17(25)9-21-18(19-3)22-14-5-6-16-23-15(12-27-4)24-26(16)11-14/h7-8,13-14H,5-6,9-12H2,1-4H3,(H2,19,21,22). The van der Waals surface area contributed by atoms with Gasteiger partial charge in [-0.2, -0.15) is 5.10 Å². The van der Waals surface area contributed by atoms with E-state index in [-0.39, 0.29) is 6.04 Å². The minimum atomic E-state index is 0.260. The molecule has 27 heavy (non-hydrogen) atoms. The molecule has 0 radical (unpaired) electrons. The van der Waals surface area contributed by atoms with Crippen molar-refractivity contribution in [3.63, 3.8) is 0 Å². The Hall–Kier alpha value is -2.42. The van der Waals surface area contributed by atoms with E-state index in [1.54, 1.807) is 14.2 Å². The lowest BCUT2D eigenvalue weighted by Gasteiger charge is -2.25. The molecule has 1 atom stereocenters. The molecule has 9 heteroatoms. The third-order valence-corrected chi connectivity index (χ3v) is 4.52. The summed E-state index contributed by atoms with van der Waals surface area (Å²) < 4.78 is 9.28. The van der Waals surface area contributed by atoms with E-state index in [1.807, 2.05) is 17.1 Å². The minimum absolute atomic E-state index is 0.260. The zero-order valence-electron chi connectivity index (χ0n) is 16.6. The van der Waals surface area contributed by atoms with Gasteiger partial charge in [0.15, 0.2) is 11.8 Å². The van der Waals surface area contributed by atoms with E-state index in [9.17, 15) is 0 Å². The number of hydrogen-bond acceptors (Lipinski definition) is 5. The van der Waals surface area contributed by atoms with Crippen LogP contribution in [-0.2, 0) is 37.4 Å². The molecule has 0 aromatic carbocycles. The van der Waals surface area contributed by atoms with Gasteiger partial charge in [0, 0.05) is 45.6 Å². The van der Waals surface area contributed by atoms with Gasteiger partial charge in [-0.25, -0.2) is 14.6 Å². The van der Waals surface area contributed by atoms with E-state index in [0.717, 1.165) is 49.4 Å². The molecule has 2 N–H and O–H groups in total. The highest BCUT2D eigenvalue weighted by Gasteiger charge is 2.22. The van der Waals surface area contributed by atoms with Crippen molar-refractivity contribution >= 4 is 5.96 Å². The summed E-state index contributed by atoms with van der Waals surface area (Å²) in [6, 6.07) is 0.260. The van der Waals surface area contributed by atoms with E-state index < -0.39 is 0 Å². The van der Waals surface area contributed by atoms with Gasteiger partial charge in [0.1, 0.15) is 18.3 Å². The summed E-state index contributed by atoms with van der Waals surface area (Å²) in [6.45, 7) is 7.23. The first kappa shape index (κ1) is 19.3. The molecule has 0 fully saturated rings. The highest BCUT2D eigenvalue weighted by molar-refractivity contribution is 5.79. The molecule has 0 saturated carbocycles. The third-order valence-electron chi connectivity index (χ3n) is 4.52. The summed E-state index contributed by atoms with van der Waals surface area (Å²) in [5.74, 6) is 4.14. The Kier molecular flexibility index (Phi) is 6.44. The Morgan fingerprint density at radius 2 is 2.30 bits per heavy atom. The van der Waals surface area contributed by atoms with Crippen molar-refractivity contribution in [1.82, 2.24) is 34.9 Å². The number of aliphatic imine (C=N–C) groups is 1. The average molecular weight is 374 g/mol. The van der Waals surface area contributed by atoms with Crippen LogP contribution in [0.4, 0.5) is 0 Å². The van der Waals surface area contributed by atoms with Gasteiger partial charge in [-0.05, 0) is 12.3 Å². The van der Waals surface area contributed by atoms with Crippen LogP contribution in [0, 0.1) is 5.92 Å². The van der Waals surface area contributed by atoms with Crippen LogP contribution in [0.1, 0.15) is 37.7 Å². The molecule has 9 nitrogen and oxygen atoms in total. The molecule has 2 aromatic rings. The maximum absolute atomic E-state index is 5.12. The van der Waals surface area contributed by atoms with E-state index in [4.69, 9.17) is 4.74 Å². The second kappa shape index (κ2) is 8.98. The lowest BCUT2D eigenvalue weighted by atomic mass is 10.1. The average Bonchev–Trinajstić information content (AvgIpc) is 3.24. The summed E-state index contributed by atoms with van der Waals surface area (Å²) in [5.41, 5.74) is 0. The van der Waals surface area contributed by atoms with Crippen molar-refractivity contribution < 1.29 is 4.74 Å². The number of aryl methyl sites for hydroxylation is 1. The van der Waals surface area contributed by atoms with Crippen LogP contribution in [0.2, 0.25) is 0 Å². The van der Waals surface area contributed by atoms with E-state index in [1.165, 1.54) is 0 Å². The molecular formula is C18H30N8O. The first-order valence-corrected chi connectivity index (χ1v) is 9.47. The summed E-state index contributed by atoms with van der Waals surface area (Å²) in [6.07, 6.45) is 5.76. The lowest BCUT2D eigenvalue weighted by molar-refractivity contribution is 0.177. The van der Waals surface area contributed by atoms with Gasteiger partial charge < -0.3 is 19.9 Å². The van der Waals surface area contributed by atoms with Crippen molar-refractivity contribution in [2.24, 2.45) is 10.9 Å². The van der Waals surface area contributed by atoms with E-state index >= 15 is 0 Å². The highest BCUT2D eigenvalue weighted by atomic mass is 16.5. The van der Waals surface area contributed by atoms with Crippen LogP contribution < -0.4 is 10.6 Å². The number of guanidine groups is 1. The first-order chi connectivity index (χ1) is 13.1. The number of ether oxygens (including phenoxy) is 1. The van der Waals surface area contributed by atoms with E-state index in [2.05, 4.69) is 49.1 Å². The molecule has 148 valence electrons. The van der Waals surface area contributed by atoms with Crippen LogP contribution in [0.25, 0.3) is 0 Å². The highest BCUT2D eigenvalue weighted by Crippen LogP contribution is 2.13. The monoisotopic (exact) mass is 374 g/mol. The van der Waals surface area contributed by atoms with Crippen molar-refractivity contribution in [3.05, 3.63) is 29.9 Å². The fourth-order valence-corrected chi connectivity index (χ4v) is 3.29. The fraction of sp³-hybridized carbons (Fsp3) is 0.667. The predicted octanol–water partition coefficient (Wildman–Crippen LogP) is 0.957. The molecule has 3 heterocycles. The number of nitrogens with one attached hydrogen (secondary N) is 2. The van der Waals surface area contributed by atoms with Gasteiger partial charge in [0.05, 0.1) is 13.1 Å². The smallest absolute Gasteiger partial charge is 0.191 e. The normalized spacial score (nSPS) is 17.2. The number of hydrogen-bond donors (Lipinski definition) is 2. The molecule has 0 aliphatic carbocycles. The summed E-state index contributed by atoms with van der Waals surface area (Å²) >= 11 is 0. The van der Waals surface area contributed by atoms with E-state index in [0.29, 0.717) is 19.1 Å². The van der Waals surface area contributed by atoms with Crippen LogP contribution in [0.5, 0.6) is 0 Å². The fourth-order valence-electron chi connectivity index (χ4n) is 3.29. The van der Waals surface area contributed by atoms with Crippen molar-refractivity contribution in [3.8, 4) is 0 Å². The number of aromatic nitrogens is 5. The molecule has 0 spiro atoms. The summed E-state index contributed by atoms with van der Waals surface area (Å²) in [4.78, 5) is 13.3. The number of imidazole rings is 1. The van der Waals surface area contributed by atoms with Crippen molar-refractivity contribution in [1.29, 1.82) is 0 Å². The van der Waals surface area contributed by atoms with Crippen LogP contribution >= 0.6 is 0 Å². The number of rotatable bonds is 7. The van der Waals surface area contributed by atoms with Gasteiger partial charge in [-0.15, -0.1) is 0 Å². The number of fused-ring (bicyclic) bond motifs is 1. The van der Waals surface area contributed by atoms with Crippen LogP contribution in [-0.4, -0.2) is 50.5 Å². The second-order valence-electron chi connectivity index (χ2n) is 7.25. The molecule has 3 rings (SSSR count). The Bertz CT molecular complexity index is 763. The Labute approximate surface area is 160 Å². The Morgan fingerprint density at radius 3 is 3.04 bits per heavy atom. The molecule has 2 aromatic heterocycles. The van der Waals surface area contributed by atoms with Gasteiger partial charge in [0.25, 0.3) is 0 Å².